The summed E-state index contributed by atoms with van der Waals surface area (Å²) in [7, 11) is 0. The first-order valence-corrected chi connectivity index (χ1v) is 6.83. The molecule has 0 atom stereocenters. The fourth-order valence-electron chi connectivity index (χ4n) is 2.14. The molecule has 1 aliphatic rings. The van der Waals surface area contributed by atoms with Crippen LogP contribution in [0.3, 0.4) is 0 Å². The van der Waals surface area contributed by atoms with Gasteiger partial charge in [-0.25, -0.2) is 0 Å². The Morgan fingerprint density at radius 3 is 3.00 bits per heavy atom. The standard InChI is InChI=1S/C15H23NO2/c1-12(2)11-17-9-10-18-15-7-3-6-14-13(15)5-4-8-16-14/h3,6-7,12,16H,4-5,8-11H2,1-2H3. The van der Waals surface area contributed by atoms with Gasteiger partial charge in [0, 0.05) is 24.4 Å². The van der Waals surface area contributed by atoms with Gasteiger partial charge in [-0.3, -0.25) is 0 Å². The molecule has 3 nitrogen and oxygen atoms in total. The van der Waals surface area contributed by atoms with Crippen LogP contribution in [0, 0.1) is 5.92 Å². The number of benzene rings is 1. The van der Waals surface area contributed by atoms with Crippen LogP contribution in [0.5, 0.6) is 5.75 Å². The maximum atomic E-state index is 5.82. The molecule has 0 amide bonds. The second-order valence-electron chi connectivity index (χ2n) is 5.13. The van der Waals surface area contributed by atoms with Crippen molar-refractivity contribution in [2.45, 2.75) is 26.7 Å². The Morgan fingerprint density at radius 1 is 1.28 bits per heavy atom. The van der Waals surface area contributed by atoms with E-state index in [2.05, 4.69) is 25.2 Å². The highest BCUT2D eigenvalue weighted by Crippen LogP contribution is 2.30. The number of rotatable bonds is 6. The van der Waals surface area contributed by atoms with Gasteiger partial charge in [-0.15, -0.1) is 0 Å². The normalized spacial score (nSPS) is 14.2. The van der Waals surface area contributed by atoms with E-state index in [1.165, 1.54) is 17.7 Å². The molecule has 1 heterocycles. The quantitative estimate of drug-likeness (QED) is 0.786. The molecule has 3 heteroatoms. The SMILES string of the molecule is CC(C)COCCOc1cccc2c1CCCN2. The maximum absolute atomic E-state index is 5.82. The molecule has 0 unspecified atom stereocenters. The molecule has 0 radical (unpaired) electrons. The van der Waals surface area contributed by atoms with Gasteiger partial charge in [0.15, 0.2) is 0 Å². The van der Waals surface area contributed by atoms with Gasteiger partial charge in [-0.2, -0.15) is 0 Å². The second kappa shape index (κ2) is 6.64. The van der Waals surface area contributed by atoms with Gasteiger partial charge in [-0.1, -0.05) is 19.9 Å². The van der Waals surface area contributed by atoms with Crippen LogP contribution in [0.25, 0.3) is 0 Å². The zero-order chi connectivity index (χ0) is 12.8. The molecular weight excluding hydrogens is 226 g/mol. The molecule has 2 rings (SSSR count). The Morgan fingerprint density at radius 2 is 2.17 bits per heavy atom. The van der Waals surface area contributed by atoms with Gasteiger partial charge in [0.1, 0.15) is 12.4 Å². The molecule has 0 spiro atoms. The Labute approximate surface area is 109 Å². The molecule has 1 aromatic carbocycles. The fourth-order valence-corrected chi connectivity index (χ4v) is 2.14. The molecule has 0 aromatic heterocycles. The van der Waals surface area contributed by atoms with Crippen LogP contribution in [0.2, 0.25) is 0 Å². The van der Waals surface area contributed by atoms with E-state index in [4.69, 9.17) is 9.47 Å². The van der Waals surface area contributed by atoms with Crippen LogP contribution >= 0.6 is 0 Å². The van der Waals surface area contributed by atoms with Gasteiger partial charge in [0.05, 0.1) is 6.61 Å². The van der Waals surface area contributed by atoms with Gasteiger partial charge >= 0.3 is 0 Å². The van der Waals surface area contributed by atoms with Crippen molar-refractivity contribution in [2.75, 3.05) is 31.7 Å². The summed E-state index contributed by atoms with van der Waals surface area (Å²) in [6, 6.07) is 6.21. The lowest BCUT2D eigenvalue weighted by molar-refractivity contribution is 0.0816. The number of nitrogens with one attached hydrogen (secondary N) is 1. The van der Waals surface area contributed by atoms with Crippen molar-refractivity contribution in [1.82, 2.24) is 0 Å². The summed E-state index contributed by atoms with van der Waals surface area (Å²) in [5, 5.41) is 3.41. The van der Waals surface area contributed by atoms with E-state index in [0.29, 0.717) is 19.1 Å². The van der Waals surface area contributed by atoms with Crippen LogP contribution in [0.1, 0.15) is 25.8 Å². The van der Waals surface area contributed by atoms with E-state index in [9.17, 15) is 0 Å². The Kier molecular flexibility index (Phi) is 4.88. The van der Waals surface area contributed by atoms with E-state index in [0.717, 1.165) is 25.3 Å². The number of ether oxygens (including phenoxy) is 2. The first-order valence-electron chi connectivity index (χ1n) is 6.83. The third kappa shape index (κ3) is 3.64. The summed E-state index contributed by atoms with van der Waals surface area (Å²) >= 11 is 0. The molecule has 0 saturated heterocycles. The summed E-state index contributed by atoms with van der Waals surface area (Å²) in [4.78, 5) is 0. The number of hydrogen-bond donors (Lipinski definition) is 1. The molecule has 100 valence electrons. The van der Waals surface area contributed by atoms with Crippen LogP contribution in [-0.4, -0.2) is 26.4 Å². The van der Waals surface area contributed by atoms with Crippen molar-refractivity contribution in [3.8, 4) is 5.75 Å². The molecule has 0 bridgehead atoms. The minimum Gasteiger partial charge on any atom is -0.491 e. The Balaban J connectivity index is 1.82. The minimum absolute atomic E-state index is 0.582. The van der Waals surface area contributed by atoms with Crippen molar-refractivity contribution in [3.63, 3.8) is 0 Å². The molecular formula is C15H23NO2. The van der Waals surface area contributed by atoms with Crippen LogP contribution in [0.15, 0.2) is 18.2 Å². The van der Waals surface area contributed by atoms with Crippen molar-refractivity contribution in [1.29, 1.82) is 0 Å². The molecule has 0 aliphatic carbocycles. The first kappa shape index (κ1) is 13.2. The Hall–Kier alpha value is -1.22. The van der Waals surface area contributed by atoms with E-state index in [1.54, 1.807) is 0 Å². The third-order valence-electron chi connectivity index (χ3n) is 2.99. The highest BCUT2D eigenvalue weighted by Gasteiger charge is 2.12. The summed E-state index contributed by atoms with van der Waals surface area (Å²) in [6.07, 6.45) is 2.28. The van der Waals surface area contributed by atoms with E-state index in [-0.39, 0.29) is 0 Å². The van der Waals surface area contributed by atoms with E-state index in [1.807, 2.05) is 12.1 Å². The second-order valence-corrected chi connectivity index (χ2v) is 5.13. The average Bonchev–Trinajstić information content (AvgIpc) is 2.38. The highest BCUT2D eigenvalue weighted by atomic mass is 16.5. The molecule has 0 fully saturated rings. The van der Waals surface area contributed by atoms with Crippen molar-refractivity contribution in [2.24, 2.45) is 5.92 Å². The number of fused-ring (bicyclic) bond motifs is 1. The maximum Gasteiger partial charge on any atom is 0.124 e. The largest absolute Gasteiger partial charge is 0.491 e. The average molecular weight is 249 g/mol. The number of anilines is 1. The molecule has 1 aromatic rings. The van der Waals surface area contributed by atoms with E-state index >= 15 is 0 Å². The minimum atomic E-state index is 0.582. The van der Waals surface area contributed by atoms with Gasteiger partial charge in [-0.05, 0) is 30.9 Å². The van der Waals surface area contributed by atoms with Gasteiger partial charge in [0.25, 0.3) is 0 Å². The summed E-state index contributed by atoms with van der Waals surface area (Å²) in [5.74, 6) is 1.59. The van der Waals surface area contributed by atoms with Crippen LogP contribution < -0.4 is 10.1 Å². The zero-order valence-electron chi connectivity index (χ0n) is 11.4. The van der Waals surface area contributed by atoms with Gasteiger partial charge < -0.3 is 14.8 Å². The summed E-state index contributed by atoms with van der Waals surface area (Å²) in [5.41, 5.74) is 2.54. The zero-order valence-corrected chi connectivity index (χ0v) is 11.4. The first-order chi connectivity index (χ1) is 8.77. The molecule has 18 heavy (non-hydrogen) atoms. The highest BCUT2D eigenvalue weighted by molar-refractivity contribution is 5.58. The summed E-state index contributed by atoms with van der Waals surface area (Å²) < 4.78 is 11.3. The lowest BCUT2D eigenvalue weighted by atomic mass is 10.0. The van der Waals surface area contributed by atoms with Crippen LogP contribution in [-0.2, 0) is 11.2 Å². The Bertz CT molecular complexity index is 377. The fraction of sp³-hybridized carbons (Fsp3) is 0.600. The molecule has 1 N–H and O–H groups in total. The molecule has 1 aliphatic heterocycles. The predicted octanol–water partition coefficient (Wildman–Crippen LogP) is 3.10. The predicted molar refractivity (Wildman–Crippen MR) is 74.4 cm³/mol. The van der Waals surface area contributed by atoms with Crippen molar-refractivity contribution >= 4 is 5.69 Å². The topological polar surface area (TPSA) is 30.5 Å². The van der Waals surface area contributed by atoms with Crippen molar-refractivity contribution < 1.29 is 9.47 Å². The number of hydrogen-bond acceptors (Lipinski definition) is 3. The van der Waals surface area contributed by atoms with Crippen LogP contribution in [0.4, 0.5) is 5.69 Å². The van der Waals surface area contributed by atoms with Crippen molar-refractivity contribution in [3.05, 3.63) is 23.8 Å². The van der Waals surface area contributed by atoms with Gasteiger partial charge in [0.2, 0.25) is 0 Å². The molecule has 0 saturated carbocycles. The summed E-state index contributed by atoms with van der Waals surface area (Å²) in [6.45, 7) is 7.46. The lowest BCUT2D eigenvalue weighted by Crippen LogP contribution is -2.15. The lowest BCUT2D eigenvalue weighted by Gasteiger charge is -2.21. The smallest absolute Gasteiger partial charge is 0.124 e. The third-order valence-corrected chi connectivity index (χ3v) is 2.99. The van der Waals surface area contributed by atoms with E-state index < -0.39 is 0 Å². The monoisotopic (exact) mass is 249 g/mol.